The van der Waals surface area contributed by atoms with Crippen molar-refractivity contribution in [2.24, 2.45) is 5.73 Å². The van der Waals surface area contributed by atoms with Crippen molar-refractivity contribution in [3.63, 3.8) is 0 Å². The second-order valence-electron chi connectivity index (χ2n) is 5.22. The smallest absolute Gasteiger partial charge is 0.124 e. The number of rotatable bonds is 6. The second kappa shape index (κ2) is 6.87. The molecule has 1 saturated heterocycles. The molecule has 0 radical (unpaired) electrons. The summed E-state index contributed by atoms with van der Waals surface area (Å²) < 4.78 is 18.9. The van der Waals surface area contributed by atoms with Crippen molar-refractivity contribution < 1.29 is 9.13 Å². The van der Waals surface area contributed by atoms with Gasteiger partial charge in [-0.2, -0.15) is 0 Å². The molecule has 19 heavy (non-hydrogen) atoms. The lowest BCUT2D eigenvalue weighted by molar-refractivity contribution is 0.261. The first-order valence-electron chi connectivity index (χ1n) is 7.07. The van der Waals surface area contributed by atoms with Crippen LogP contribution in [0.15, 0.2) is 18.2 Å². The largest absolute Gasteiger partial charge is 0.493 e. The molecule has 0 aromatic heterocycles. The van der Waals surface area contributed by atoms with Gasteiger partial charge >= 0.3 is 0 Å². The van der Waals surface area contributed by atoms with Gasteiger partial charge in [0.25, 0.3) is 0 Å². The fourth-order valence-electron chi connectivity index (χ4n) is 2.48. The van der Waals surface area contributed by atoms with Gasteiger partial charge in [-0.15, -0.1) is 0 Å². The third-order valence-electron chi connectivity index (χ3n) is 3.54. The first kappa shape index (κ1) is 14.3. The molecule has 1 atom stereocenters. The Morgan fingerprint density at radius 2 is 2.11 bits per heavy atom. The molecule has 1 fully saturated rings. The third-order valence-corrected chi connectivity index (χ3v) is 3.54. The van der Waals surface area contributed by atoms with Gasteiger partial charge in [0, 0.05) is 18.2 Å². The van der Waals surface area contributed by atoms with Gasteiger partial charge in [0.2, 0.25) is 0 Å². The maximum atomic E-state index is 13.2. The SMILES string of the molecule is C[C@H](N)c1cc(F)ccc1OCCCN1CCCC1. The minimum Gasteiger partial charge on any atom is -0.493 e. The monoisotopic (exact) mass is 266 g/mol. The highest BCUT2D eigenvalue weighted by molar-refractivity contribution is 5.36. The summed E-state index contributed by atoms with van der Waals surface area (Å²) >= 11 is 0. The van der Waals surface area contributed by atoms with Crippen molar-refractivity contribution in [2.75, 3.05) is 26.2 Å². The summed E-state index contributed by atoms with van der Waals surface area (Å²) in [5.41, 5.74) is 6.57. The highest BCUT2D eigenvalue weighted by Crippen LogP contribution is 2.24. The molecule has 1 aliphatic heterocycles. The molecule has 3 nitrogen and oxygen atoms in total. The van der Waals surface area contributed by atoms with Crippen LogP contribution in [0.3, 0.4) is 0 Å². The fourth-order valence-corrected chi connectivity index (χ4v) is 2.48. The zero-order valence-corrected chi connectivity index (χ0v) is 11.6. The predicted octanol–water partition coefficient (Wildman–Crippen LogP) is 2.71. The van der Waals surface area contributed by atoms with Crippen LogP contribution in [0, 0.1) is 5.82 Å². The van der Waals surface area contributed by atoms with Gasteiger partial charge in [-0.25, -0.2) is 4.39 Å². The van der Waals surface area contributed by atoms with Crippen molar-refractivity contribution in [1.82, 2.24) is 4.90 Å². The highest BCUT2D eigenvalue weighted by atomic mass is 19.1. The molecular weight excluding hydrogens is 243 g/mol. The Morgan fingerprint density at radius 1 is 1.37 bits per heavy atom. The molecule has 0 amide bonds. The summed E-state index contributed by atoms with van der Waals surface area (Å²) in [5.74, 6) is 0.439. The van der Waals surface area contributed by atoms with Crippen molar-refractivity contribution in [3.05, 3.63) is 29.6 Å². The van der Waals surface area contributed by atoms with Crippen LogP contribution in [-0.4, -0.2) is 31.1 Å². The van der Waals surface area contributed by atoms with Crippen LogP contribution in [0.4, 0.5) is 4.39 Å². The van der Waals surface area contributed by atoms with Gasteiger partial charge in [0.05, 0.1) is 6.61 Å². The van der Waals surface area contributed by atoms with Crippen LogP contribution in [0.25, 0.3) is 0 Å². The summed E-state index contributed by atoms with van der Waals surface area (Å²) in [6, 6.07) is 4.33. The van der Waals surface area contributed by atoms with E-state index in [0.717, 1.165) is 18.5 Å². The summed E-state index contributed by atoms with van der Waals surface area (Å²) in [4.78, 5) is 2.46. The molecule has 106 valence electrons. The number of benzene rings is 1. The molecule has 0 bridgehead atoms. The molecule has 2 N–H and O–H groups in total. The molecule has 1 heterocycles. The summed E-state index contributed by atoms with van der Waals surface area (Å²) in [5, 5.41) is 0. The normalized spacial score (nSPS) is 17.6. The predicted molar refractivity (Wildman–Crippen MR) is 74.8 cm³/mol. The minimum atomic E-state index is -0.267. The first-order chi connectivity index (χ1) is 9.16. The molecular formula is C15H23FN2O. The van der Waals surface area contributed by atoms with E-state index in [9.17, 15) is 4.39 Å². The van der Waals surface area contributed by atoms with Crippen LogP contribution >= 0.6 is 0 Å². The Hall–Kier alpha value is -1.13. The van der Waals surface area contributed by atoms with E-state index in [-0.39, 0.29) is 11.9 Å². The van der Waals surface area contributed by atoms with Crippen molar-refractivity contribution in [2.45, 2.75) is 32.2 Å². The Morgan fingerprint density at radius 3 is 2.79 bits per heavy atom. The number of hydrogen-bond donors (Lipinski definition) is 1. The van der Waals surface area contributed by atoms with Gasteiger partial charge in [0.15, 0.2) is 0 Å². The van der Waals surface area contributed by atoms with Crippen LogP contribution in [0.1, 0.15) is 37.8 Å². The lowest BCUT2D eigenvalue weighted by Crippen LogP contribution is -2.22. The number of ether oxygens (including phenoxy) is 1. The zero-order valence-electron chi connectivity index (χ0n) is 11.6. The van der Waals surface area contributed by atoms with Crippen LogP contribution in [-0.2, 0) is 0 Å². The van der Waals surface area contributed by atoms with Gasteiger partial charge < -0.3 is 15.4 Å². The van der Waals surface area contributed by atoms with Crippen LogP contribution < -0.4 is 10.5 Å². The van der Waals surface area contributed by atoms with Crippen molar-refractivity contribution >= 4 is 0 Å². The molecule has 1 aliphatic rings. The fraction of sp³-hybridized carbons (Fsp3) is 0.600. The average molecular weight is 266 g/mol. The highest BCUT2D eigenvalue weighted by Gasteiger charge is 2.12. The third kappa shape index (κ3) is 4.18. The van der Waals surface area contributed by atoms with Gasteiger partial charge in [-0.3, -0.25) is 0 Å². The summed E-state index contributed by atoms with van der Waals surface area (Å²) in [6.45, 7) is 5.99. The maximum Gasteiger partial charge on any atom is 0.124 e. The van der Waals surface area contributed by atoms with E-state index in [0.29, 0.717) is 12.4 Å². The average Bonchev–Trinajstić information content (AvgIpc) is 2.89. The standard InChI is InChI=1S/C15H23FN2O/c1-12(17)14-11-13(16)5-6-15(14)19-10-4-9-18-7-2-3-8-18/h5-6,11-12H,2-4,7-10,17H2,1H3/t12-/m0/s1. The molecule has 1 aromatic rings. The van der Waals surface area contributed by atoms with E-state index in [1.165, 1.54) is 38.1 Å². The second-order valence-corrected chi connectivity index (χ2v) is 5.22. The lowest BCUT2D eigenvalue weighted by Gasteiger charge is -2.16. The zero-order chi connectivity index (χ0) is 13.7. The van der Waals surface area contributed by atoms with E-state index < -0.39 is 0 Å². The van der Waals surface area contributed by atoms with E-state index in [1.54, 1.807) is 6.07 Å². The Labute approximate surface area is 114 Å². The topological polar surface area (TPSA) is 38.5 Å². The number of hydrogen-bond acceptors (Lipinski definition) is 3. The van der Waals surface area contributed by atoms with Crippen LogP contribution in [0.5, 0.6) is 5.75 Å². The maximum absolute atomic E-state index is 13.2. The number of nitrogens with two attached hydrogens (primary N) is 1. The van der Waals surface area contributed by atoms with Crippen LogP contribution in [0.2, 0.25) is 0 Å². The van der Waals surface area contributed by atoms with E-state index in [4.69, 9.17) is 10.5 Å². The number of likely N-dealkylation sites (tertiary alicyclic amines) is 1. The van der Waals surface area contributed by atoms with Gasteiger partial charge in [0.1, 0.15) is 11.6 Å². The Balaban J connectivity index is 1.81. The lowest BCUT2D eigenvalue weighted by atomic mass is 10.1. The molecule has 1 aromatic carbocycles. The Kier molecular flexibility index (Phi) is 5.16. The molecule has 0 spiro atoms. The first-order valence-corrected chi connectivity index (χ1v) is 7.07. The molecule has 0 saturated carbocycles. The molecule has 4 heteroatoms. The van der Waals surface area contributed by atoms with Crippen molar-refractivity contribution in [3.8, 4) is 5.75 Å². The number of nitrogens with zero attached hydrogens (tertiary/aromatic N) is 1. The Bertz CT molecular complexity index is 403. The summed E-state index contributed by atoms with van der Waals surface area (Å²) in [7, 11) is 0. The molecule has 0 aliphatic carbocycles. The van der Waals surface area contributed by atoms with Crippen molar-refractivity contribution in [1.29, 1.82) is 0 Å². The van der Waals surface area contributed by atoms with Gasteiger partial charge in [-0.1, -0.05) is 0 Å². The quantitative estimate of drug-likeness (QED) is 0.805. The minimum absolute atomic E-state index is 0.218. The number of halogens is 1. The van der Waals surface area contributed by atoms with E-state index in [2.05, 4.69) is 4.90 Å². The summed E-state index contributed by atoms with van der Waals surface area (Å²) in [6.07, 6.45) is 3.62. The van der Waals surface area contributed by atoms with E-state index in [1.807, 2.05) is 6.92 Å². The molecule has 2 rings (SSSR count). The van der Waals surface area contributed by atoms with E-state index >= 15 is 0 Å². The van der Waals surface area contributed by atoms with Gasteiger partial charge in [-0.05, 0) is 57.5 Å². The molecule has 0 unspecified atom stereocenters.